The molecule has 0 aliphatic heterocycles. The predicted octanol–water partition coefficient (Wildman–Crippen LogP) is 10.2. The van der Waals surface area contributed by atoms with Gasteiger partial charge in [0.1, 0.15) is 11.5 Å². The Morgan fingerprint density at radius 2 is 0.944 bits per heavy atom. The third-order valence-electron chi connectivity index (χ3n) is 9.50. The van der Waals surface area contributed by atoms with E-state index in [1.165, 1.54) is 0 Å². The highest BCUT2D eigenvalue weighted by Gasteiger charge is 2.22. The zero-order valence-corrected chi connectivity index (χ0v) is 31.5. The van der Waals surface area contributed by atoms with Crippen molar-refractivity contribution in [2.24, 2.45) is 9.98 Å². The fraction of sp³-hybridized carbons (Fsp3) is 0.217. The summed E-state index contributed by atoms with van der Waals surface area (Å²) in [6, 6.07) is 31.4. The number of rotatable bonds is 8. The monoisotopic (exact) mass is 712 g/mol. The minimum atomic E-state index is -0.197. The molecule has 3 aromatic carbocycles. The molecular formula is C46H44N6O2. The lowest BCUT2D eigenvalue weighted by Crippen LogP contribution is -2.12. The molecule has 2 N–H and O–H groups in total. The summed E-state index contributed by atoms with van der Waals surface area (Å²) in [5.41, 5.74) is 8.47. The van der Waals surface area contributed by atoms with Crippen LogP contribution < -0.4 is 0 Å². The van der Waals surface area contributed by atoms with Gasteiger partial charge in [-0.15, -0.1) is 0 Å². The molecule has 7 rings (SSSR count). The summed E-state index contributed by atoms with van der Waals surface area (Å²) < 4.78 is 0. The average molecular weight is 713 g/mol. The molecule has 0 aliphatic rings. The first-order valence-electron chi connectivity index (χ1n) is 18.1. The first-order valence-corrected chi connectivity index (χ1v) is 18.1. The van der Waals surface area contributed by atoms with Gasteiger partial charge in [0.05, 0.1) is 46.9 Å². The Balaban J connectivity index is 1.33. The Morgan fingerprint density at radius 1 is 0.537 bits per heavy atom. The van der Waals surface area contributed by atoms with E-state index in [4.69, 9.17) is 9.97 Å². The highest BCUT2D eigenvalue weighted by molar-refractivity contribution is 6.04. The third kappa shape index (κ3) is 7.74. The van der Waals surface area contributed by atoms with Crippen LogP contribution in [0.5, 0.6) is 11.5 Å². The van der Waals surface area contributed by atoms with Crippen LogP contribution in [-0.2, 0) is 23.9 Å². The van der Waals surface area contributed by atoms with E-state index < -0.39 is 0 Å². The molecule has 54 heavy (non-hydrogen) atoms. The number of hydrogen-bond donors (Lipinski definition) is 2. The van der Waals surface area contributed by atoms with E-state index in [1.807, 2.05) is 97.1 Å². The van der Waals surface area contributed by atoms with Crippen molar-refractivity contribution >= 4 is 34.2 Å². The van der Waals surface area contributed by atoms with E-state index in [0.717, 1.165) is 33.3 Å². The van der Waals surface area contributed by atoms with Crippen molar-refractivity contribution in [3.05, 3.63) is 143 Å². The van der Waals surface area contributed by atoms with E-state index in [1.54, 1.807) is 24.8 Å². The Morgan fingerprint density at radius 3 is 1.31 bits per heavy atom. The molecule has 0 fully saturated rings. The van der Waals surface area contributed by atoms with Crippen molar-refractivity contribution in [1.29, 1.82) is 0 Å². The molecule has 0 atom stereocenters. The Bertz CT molecular complexity index is 2360. The quantitative estimate of drug-likeness (QED) is 0.120. The maximum Gasteiger partial charge on any atom is 0.133 e. The summed E-state index contributed by atoms with van der Waals surface area (Å²) in [5, 5.41) is 25.2. The van der Waals surface area contributed by atoms with Crippen molar-refractivity contribution in [2.75, 3.05) is 0 Å². The smallest absolute Gasteiger partial charge is 0.133 e. The highest BCUT2D eigenvalue weighted by Crippen LogP contribution is 2.39. The lowest BCUT2D eigenvalue weighted by atomic mass is 9.84. The van der Waals surface area contributed by atoms with Crippen molar-refractivity contribution in [2.45, 2.75) is 65.5 Å². The topological polar surface area (TPSA) is 117 Å². The molecule has 4 heterocycles. The van der Waals surface area contributed by atoms with Gasteiger partial charge < -0.3 is 10.2 Å². The number of nitrogens with zero attached hydrogens (tertiary/aromatic N) is 6. The summed E-state index contributed by atoms with van der Waals surface area (Å²) >= 11 is 0. The van der Waals surface area contributed by atoms with E-state index in [9.17, 15) is 10.2 Å². The number of pyridine rings is 4. The second kappa shape index (κ2) is 14.6. The summed E-state index contributed by atoms with van der Waals surface area (Å²) in [4.78, 5) is 28.3. The lowest BCUT2D eigenvalue weighted by molar-refractivity contribution is 0.474. The van der Waals surface area contributed by atoms with Gasteiger partial charge in [0.15, 0.2) is 0 Å². The van der Waals surface area contributed by atoms with Gasteiger partial charge in [0.25, 0.3) is 0 Å². The molecule has 8 heteroatoms. The van der Waals surface area contributed by atoms with E-state index in [2.05, 4.69) is 61.5 Å². The summed E-state index contributed by atoms with van der Waals surface area (Å²) in [6.45, 7) is 13.7. The molecule has 0 radical (unpaired) electrons. The molecule has 0 unspecified atom stereocenters. The fourth-order valence-corrected chi connectivity index (χ4v) is 6.29. The summed E-state index contributed by atoms with van der Waals surface area (Å²) in [6.07, 6.45) is 6.92. The largest absolute Gasteiger partial charge is 0.507 e. The first-order chi connectivity index (χ1) is 25.8. The number of phenolic OH excluding ortho intramolecular Hbond substituents is 2. The number of aliphatic imine (C=N–C) groups is 2. The van der Waals surface area contributed by atoms with Crippen LogP contribution in [0.25, 0.3) is 44.3 Å². The van der Waals surface area contributed by atoms with Crippen molar-refractivity contribution in [3.63, 3.8) is 0 Å². The van der Waals surface area contributed by atoms with Crippen LogP contribution in [0.15, 0.2) is 119 Å². The van der Waals surface area contributed by atoms with Gasteiger partial charge in [0.2, 0.25) is 0 Å². The van der Waals surface area contributed by atoms with Gasteiger partial charge in [-0.1, -0.05) is 77.9 Å². The molecule has 0 aliphatic carbocycles. The second-order valence-electron chi connectivity index (χ2n) is 15.6. The number of phenols is 2. The molecule has 8 nitrogen and oxygen atoms in total. The van der Waals surface area contributed by atoms with Gasteiger partial charge in [-0.25, -0.2) is 9.97 Å². The molecule has 0 saturated carbocycles. The Kier molecular flexibility index (Phi) is 9.77. The number of aromatic hydroxyl groups is 2. The van der Waals surface area contributed by atoms with Gasteiger partial charge in [-0.05, 0) is 82.6 Å². The number of benzene rings is 3. The fourth-order valence-electron chi connectivity index (χ4n) is 6.29. The highest BCUT2D eigenvalue weighted by atomic mass is 16.3. The summed E-state index contributed by atoms with van der Waals surface area (Å²) in [7, 11) is 0. The SMILES string of the molecule is CC(C)(C)c1cc(C=NCc2ccccn2)c(O)c(-c2ccc3ccc4ccc(-c5cc(C(C)(C)C)cc(C=NCc6ccccn6)c5O)nc4c3n2)c1. The number of fused-ring (bicyclic) bond motifs is 3. The van der Waals surface area contributed by atoms with Crippen molar-refractivity contribution in [1.82, 2.24) is 19.9 Å². The molecule has 0 amide bonds. The van der Waals surface area contributed by atoms with Crippen LogP contribution in [0, 0.1) is 0 Å². The molecule has 0 bridgehead atoms. The zero-order valence-electron chi connectivity index (χ0n) is 31.5. The van der Waals surface area contributed by atoms with Crippen molar-refractivity contribution in [3.8, 4) is 34.0 Å². The van der Waals surface area contributed by atoms with Crippen LogP contribution in [0.2, 0.25) is 0 Å². The van der Waals surface area contributed by atoms with E-state index in [0.29, 0.717) is 57.8 Å². The van der Waals surface area contributed by atoms with Gasteiger partial charge in [-0.2, -0.15) is 0 Å². The number of aromatic nitrogens is 4. The minimum absolute atomic E-state index is 0.106. The number of hydrogen-bond acceptors (Lipinski definition) is 8. The lowest BCUT2D eigenvalue weighted by Gasteiger charge is -2.22. The third-order valence-corrected chi connectivity index (χ3v) is 9.50. The van der Waals surface area contributed by atoms with Crippen LogP contribution in [0.4, 0.5) is 0 Å². The van der Waals surface area contributed by atoms with Gasteiger partial charge in [-0.3, -0.25) is 20.0 Å². The normalized spacial score (nSPS) is 12.4. The molecule has 0 saturated heterocycles. The molecule has 4 aromatic heterocycles. The average Bonchev–Trinajstić information content (AvgIpc) is 3.15. The van der Waals surface area contributed by atoms with Crippen molar-refractivity contribution < 1.29 is 10.2 Å². The van der Waals surface area contributed by atoms with Crippen LogP contribution in [0.3, 0.4) is 0 Å². The van der Waals surface area contributed by atoms with Crippen LogP contribution in [0.1, 0.15) is 75.2 Å². The Hall–Kier alpha value is -6.28. The maximum absolute atomic E-state index is 11.7. The molecule has 0 spiro atoms. The van der Waals surface area contributed by atoms with Crippen LogP contribution >= 0.6 is 0 Å². The van der Waals surface area contributed by atoms with Crippen LogP contribution in [-0.4, -0.2) is 42.6 Å². The minimum Gasteiger partial charge on any atom is -0.507 e. The Labute approximate surface area is 316 Å². The zero-order chi connectivity index (χ0) is 38.0. The molecule has 270 valence electrons. The molecule has 7 aromatic rings. The van der Waals surface area contributed by atoms with E-state index in [-0.39, 0.29) is 22.3 Å². The predicted molar refractivity (Wildman–Crippen MR) is 220 cm³/mol. The second-order valence-corrected chi connectivity index (χ2v) is 15.6. The molecular weight excluding hydrogens is 669 g/mol. The van der Waals surface area contributed by atoms with E-state index >= 15 is 0 Å². The standard InChI is InChI=1S/C46H44N6O2/c1-45(2,3)33-21-31(25-47-27-35-11-7-9-19-49-35)43(53)37(23-33)39-17-15-29-13-14-30-16-18-40(52-42(30)41(29)51-39)38-24-34(46(4,5)6)22-32(44(38)54)26-48-28-36-12-8-10-20-50-36/h7-26,53-54H,27-28H2,1-6H3. The maximum atomic E-state index is 11.7. The summed E-state index contributed by atoms with van der Waals surface area (Å²) in [5.74, 6) is 0.212. The van der Waals surface area contributed by atoms with Gasteiger partial charge in [0, 0.05) is 57.8 Å². The first kappa shape index (κ1) is 36.1. The van der Waals surface area contributed by atoms with Gasteiger partial charge >= 0.3 is 0 Å².